The second-order valence-electron chi connectivity index (χ2n) is 6.88. The molecule has 2 aromatic rings. The normalized spacial score (nSPS) is 11.2. The minimum Gasteiger partial charge on any atom is -0.372 e. The molecule has 0 spiro atoms. The van der Waals surface area contributed by atoms with Crippen LogP contribution >= 0.6 is 0 Å². The van der Waals surface area contributed by atoms with E-state index in [4.69, 9.17) is 19.4 Å². The Balaban J connectivity index is 1.85. The molecule has 3 N–H and O–H groups in total. The summed E-state index contributed by atoms with van der Waals surface area (Å²) in [6, 6.07) is 16.1. The highest BCUT2D eigenvalue weighted by Crippen LogP contribution is 2.07. The lowest BCUT2D eigenvalue weighted by Crippen LogP contribution is -2.39. The Labute approximate surface area is 187 Å². The van der Waals surface area contributed by atoms with Crippen molar-refractivity contribution in [3.8, 4) is 11.8 Å². The molecule has 170 valence electrons. The number of ether oxygens (including phenoxy) is 3. The zero-order valence-electron chi connectivity index (χ0n) is 18.0. The van der Waals surface area contributed by atoms with Crippen LogP contribution in [0.2, 0.25) is 0 Å². The Morgan fingerprint density at radius 1 is 1.06 bits per heavy atom. The molecule has 0 radical (unpaired) electrons. The largest absolute Gasteiger partial charge is 0.372 e. The number of carbonyl (C=O) groups is 2. The summed E-state index contributed by atoms with van der Waals surface area (Å²) >= 11 is 0. The molecule has 0 unspecified atom stereocenters. The van der Waals surface area contributed by atoms with Crippen molar-refractivity contribution in [2.75, 3.05) is 27.1 Å². The smallest absolute Gasteiger partial charge is 0.251 e. The summed E-state index contributed by atoms with van der Waals surface area (Å²) in [5.74, 6) is 4.94. The highest BCUT2D eigenvalue weighted by molar-refractivity contribution is 5.94. The minimum atomic E-state index is -0.538. The average Bonchev–Trinajstić information content (AvgIpc) is 2.83. The van der Waals surface area contributed by atoms with E-state index in [1.54, 1.807) is 36.9 Å². The standard InChI is InChI=1S/C24H28N2O6/c1-30-15-5-8-19-9-11-21(12-10-19)24(28)25-22(13-14-23(27)26-29)17-32-18-31-16-20-6-3-2-4-7-20/h2-4,6-7,9-12,22,29H,13-18H2,1H3,(H,25,28)(H,26,27)/t22-/m0/s1. The first kappa shape index (κ1) is 25.0. The van der Waals surface area contributed by atoms with E-state index in [0.29, 0.717) is 18.8 Å². The molecule has 0 bridgehead atoms. The fraction of sp³-hybridized carbons (Fsp3) is 0.333. The van der Waals surface area contributed by atoms with Crippen molar-refractivity contribution in [1.29, 1.82) is 0 Å². The number of rotatable bonds is 12. The summed E-state index contributed by atoms with van der Waals surface area (Å²) in [5.41, 5.74) is 3.84. The van der Waals surface area contributed by atoms with E-state index in [0.717, 1.165) is 11.1 Å². The molecular weight excluding hydrogens is 412 g/mol. The van der Waals surface area contributed by atoms with Gasteiger partial charge in [0.15, 0.2) is 0 Å². The third-order valence-corrected chi connectivity index (χ3v) is 4.37. The quantitative estimate of drug-likeness (QED) is 0.154. The van der Waals surface area contributed by atoms with E-state index in [1.165, 1.54) is 0 Å². The number of methoxy groups -OCH3 is 1. The molecule has 32 heavy (non-hydrogen) atoms. The van der Waals surface area contributed by atoms with Crippen LogP contribution in [-0.4, -0.2) is 50.2 Å². The van der Waals surface area contributed by atoms with Crippen LogP contribution in [0.3, 0.4) is 0 Å². The summed E-state index contributed by atoms with van der Waals surface area (Å²) in [4.78, 5) is 24.0. The highest BCUT2D eigenvalue weighted by Gasteiger charge is 2.16. The fourth-order valence-electron chi connectivity index (χ4n) is 2.73. The lowest BCUT2D eigenvalue weighted by molar-refractivity contribution is -0.129. The second-order valence-corrected chi connectivity index (χ2v) is 6.88. The Hall–Kier alpha value is -3.22. The van der Waals surface area contributed by atoms with Crippen LogP contribution in [0.4, 0.5) is 0 Å². The molecule has 0 saturated carbocycles. The Kier molecular flexibility index (Phi) is 11.5. The molecule has 2 rings (SSSR count). The number of amides is 2. The number of hydroxylamine groups is 1. The van der Waals surface area contributed by atoms with Crippen molar-refractivity contribution in [3.63, 3.8) is 0 Å². The van der Waals surface area contributed by atoms with Crippen molar-refractivity contribution in [2.24, 2.45) is 0 Å². The van der Waals surface area contributed by atoms with Gasteiger partial charge in [-0.2, -0.15) is 0 Å². The maximum atomic E-state index is 12.6. The third-order valence-electron chi connectivity index (χ3n) is 4.37. The summed E-state index contributed by atoms with van der Waals surface area (Å²) in [6.07, 6.45) is 0.321. The molecule has 2 aromatic carbocycles. The van der Waals surface area contributed by atoms with Crippen molar-refractivity contribution in [1.82, 2.24) is 10.8 Å². The van der Waals surface area contributed by atoms with E-state index in [2.05, 4.69) is 17.2 Å². The Morgan fingerprint density at radius 3 is 2.50 bits per heavy atom. The van der Waals surface area contributed by atoms with E-state index in [-0.39, 0.29) is 32.1 Å². The summed E-state index contributed by atoms with van der Waals surface area (Å²) in [5, 5.41) is 11.6. The lowest BCUT2D eigenvalue weighted by Gasteiger charge is -2.19. The molecular formula is C24H28N2O6. The number of hydrogen-bond donors (Lipinski definition) is 3. The predicted octanol–water partition coefficient (Wildman–Crippen LogP) is 2.26. The molecule has 0 heterocycles. The van der Waals surface area contributed by atoms with Crippen molar-refractivity contribution < 1.29 is 29.0 Å². The third kappa shape index (κ3) is 9.73. The van der Waals surface area contributed by atoms with Crippen LogP contribution in [0.15, 0.2) is 54.6 Å². The number of carbonyl (C=O) groups excluding carboxylic acids is 2. The number of benzene rings is 2. The van der Waals surface area contributed by atoms with Gasteiger partial charge in [0.2, 0.25) is 5.91 Å². The van der Waals surface area contributed by atoms with Crippen LogP contribution < -0.4 is 10.8 Å². The Bertz CT molecular complexity index is 890. The fourth-order valence-corrected chi connectivity index (χ4v) is 2.73. The zero-order chi connectivity index (χ0) is 23.0. The molecule has 0 aliphatic carbocycles. The molecule has 0 fully saturated rings. The van der Waals surface area contributed by atoms with Gasteiger partial charge in [0, 0.05) is 24.7 Å². The molecule has 0 saturated heterocycles. The van der Waals surface area contributed by atoms with Gasteiger partial charge in [0.25, 0.3) is 5.91 Å². The van der Waals surface area contributed by atoms with E-state index in [1.807, 2.05) is 30.3 Å². The van der Waals surface area contributed by atoms with Gasteiger partial charge in [-0.3, -0.25) is 14.8 Å². The van der Waals surface area contributed by atoms with Crippen LogP contribution in [-0.2, 0) is 25.6 Å². The number of nitrogens with one attached hydrogen (secondary N) is 2. The topological polar surface area (TPSA) is 106 Å². The van der Waals surface area contributed by atoms with E-state index >= 15 is 0 Å². The number of hydrogen-bond acceptors (Lipinski definition) is 6. The molecule has 0 aliphatic heterocycles. The molecule has 0 aliphatic rings. The Morgan fingerprint density at radius 2 is 1.81 bits per heavy atom. The van der Waals surface area contributed by atoms with Gasteiger partial charge in [-0.15, -0.1) is 0 Å². The van der Waals surface area contributed by atoms with Gasteiger partial charge < -0.3 is 19.5 Å². The summed E-state index contributed by atoms with van der Waals surface area (Å²) < 4.78 is 15.9. The van der Waals surface area contributed by atoms with Crippen molar-refractivity contribution in [2.45, 2.75) is 25.5 Å². The van der Waals surface area contributed by atoms with Gasteiger partial charge >= 0.3 is 0 Å². The minimum absolute atomic E-state index is 0.0315. The van der Waals surface area contributed by atoms with Crippen LogP contribution in [0, 0.1) is 11.8 Å². The first-order valence-corrected chi connectivity index (χ1v) is 10.1. The summed E-state index contributed by atoms with van der Waals surface area (Å²) in [6.45, 7) is 0.937. The van der Waals surface area contributed by atoms with Crippen LogP contribution in [0.25, 0.3) is 0 Å². The SMILES string of the molecule is COCC#Cc1ccc(C(=O)N[C@@H](CCC(=O)NO)COCOCc2ccccc2)cc1. The van der Waals surface area contributed by atoms with Gasteiger partial charge in [0.1, 0.15) is 13.4 Å². The van der Waals surface area contributed by atoms with Crippen LogP contribution in [0.1, 0.15) is 34.3 Å². The average molecular weight is 440 g/mol. The van der Waals surface area contributed by atoms with Gasteiger partial charge in [-0.1, -0.05) is 42.2 Å². The molecule has 0 aromatic heterocycles. The molecule has 1 atom stereocenters. The maximum absolute atomic E-state index is 12.6. The van der Waals surface area contributed by atoms with Crippen molar-refractivity contribution in [3.05, 3.63) is 71.3 Å². The molecule has 2 amide bonds. The second kappa shape index (κ2) is 14.7. The van der Waals surface area contributed by atoms with Crippen molar-refractivity contribution >= 4 is 11.8 Å². The van der Waals surface area contributed by atoms with E-state index in [9.17, 15) is 9.59 Å². The maximum Gasteiger partial charge on any atom is 0.251 e. The monoisotopic (exact) mass is 440 g/mol. The zero-order valence-corrected chi connectivity index (χ0v) is 18.0. The first-order chi connectivity index (χ1) is 15.6. The van der Waals surface area contributed by atoms with Gasteiger partial charge in [-0.25, -0.2) is 5.48 Å². The molecule has 8 nitrogen and oxygen atoms in total. The first-order valence-electron chi connectivity index (χ1n) is 10.1. The molecule has 8 heteroatoms. The van der Waals surface area contributed by atoms with Gasteiger partial charge in [0.05, 0.1) is 19.3 Å². The predicted molar refractivity (Wildman–Crippen MR) is 118 cm³/mol. The summed E-state index contributed by atoms with van der Waals surface area (Å²) in [7, 11) is 1.57. The van der Waals surface area contributed by atoms with Gasteiger partial charge in [-0.05, 0) is 36.2 Å². The lowest BCUT2D eigenvalue weighted by atomic mass is 10.1. The van der Waals surface area contributed by atoms with Crippen LogP contribution in [0.5, 0.6) is 0 Å². The highest BCUT2D eigenvalue weighted by atomic mass is 16.7. The van der Waals surface area contributed by atoms with E-state index < -0.39 is 11.9 Å².